The summed E-state index contributed by atoms with van der Waals surface area (Å²) in [5, 5.41) is 3.98. The van der Waals surface area contributed by atoms with Crippen molar-refractivity contribution in [3.05, 3.63) is 57.0 Å². The Balaban J connectivity index is 2.04. The number of halogens is 3. The predicted molar refractivity (Wildman–Crippen MR) is 99.2 cm³/mol. The van der Waals surface area contributed by atoms with E-state index >= 15 is 0 Å². The second kappa shape index (κ2) is 8.25. The Labute approximate surface area is 152 Å². The second-order valence-corrected chi connectivity index (χ2v) is 7.56. The third-order valence-electron chi connectivity index (χ3n) is 2.94. The van der Waals surface area contributed by atoms with Gasteiger partial charge in [0, 0.05) is 20.1 Å². The summed E-state index contributed by atoms with van der Waals surface area (Å²) in [6, 6.07) is 12.8. The molecular weight excluding hydrogens is 405 g/mol. The molecule has 22 heavy (non-hydrogen) atoms. The van der Waals surface area contributed by atoms with Crippen LogP contribution in [0, 0.1) is 0 Å². The lowest BCUT2D eigenvalue weighted by molar-refractivity contribution is -0.115. The van der Waals surface area contributed by atoms with E-state index < -0.39 is 0 Å². The molecule has 2 nitrogen and oxygen atoms in total. The molecule has 2 aromatic carbocycles. The molecular formula is C16H14BrCl2NOS. The first-order valence-corrected chi connectivity index (χ1v) is 9.10. The van der Waals surface area contributed by atoms with E-state index in [0.29, 0.717) is 15.7 Å². The number of anilines is 1. The van der Waals surface area contributed by atoms with Gasteiger partial charge < -0.3 is 5.32 Å². The molecule has 2 aromatic rings. The van der Waals surface area contributed by atoms with Crippen LogP contribution < -0.4 is 5.32 Å². The molecule has 0 bridgehead atoms. The highest BCUT2D eigenvalue weighted by Crippen LogP contribution is 2.29. The standard InChI is InChI=1S/C16H14BrCl2NOS/c1-2-15(22-12-6-3-10(18)4-7-12)16(21)20-11-5-8-13(17)14(19)9-11/h3-9,15H,2H2,1H3,(H,20,21)/t15-/m1/s1. The van der Waals surface area contributed by atoms with Crippen LogP contribution >= 0.6 is 50.9 Å². The number of hydrogen-bond acceptors (Lipinski definition) is 2. The SMILES string of the molecule is CC[C@@H](Sc1ccc(Cl)cc1)C(=O)Nc1ccc(Br)c(Cl)c1. The summed E-state index contributed by atoms with van der Waals surface area (Å²) in [5.41, 5.74) is 0.688. The van der Waals surface area contributed by atoms with Gasteiger partial charge in [-0.2, -0.15) is 0 Å². The molecule has 0 spiro atoms. The Bertz CT molecular complexity index is 664. The largest absolute Gasteiger partial charge is 0.325 e. The molecule has 0 radical (unpaired) electrons. The highest BCUT2D eigenvalue weighted by atomic mass is 79.9. The quantitative estimate of drug-likeness (QED) is 0.580. The molecule has 0 saturated carbocycles. The number of benzene rings is 2. The average Bonchev–Trinajstić information content (AvgIpc) is 2.50. The Morgan fingerprint density at radius 2 is 1.91 bits per heavy atom. The molecule has 0 fully saturated rings. The minimum absolute atomic E-state index is 0.0409. The van der Waals surface area contributed by atoms with E-state index in [4.69, 9.17) is 23.2 Å². The maximum atomic E-state index is 12.4. The minimum Gasteiger partial charge on any atom is -0.325 e. The van der Waals surface area contributed by atoms with Crippen LogP contribution in [-0.4, -0.2) is 11.2 Å². The molecule has 1 N–H and O–H groups in total. The van der Waals surface area contributed by atoms with Crippen LogP contribution in [0.15, 0.2) is 51.8 Å². The topological polar surface area (TPSA) is 29.1 Å². The van der Waals surface area contributed by atoms with E-state index in [0.717, 1.165) is 15.8 Å². The third kappa shape index (κ3) is 4.92. The number of hydrogen-bond donors (Lipinski definition) is 1. The summed E-state index contributed by atoms with van der Waals surface area (Å²) < 4.78 is 0.801. The fraction of sp³-hybridized carbons (Fsp3) is 0.188. The predicted octanol–water partition coefficient (Wildman–Crippen LogP) is 6.27. The Morgan fingerprint density at radius 3 is 2.50 bits per heavy atom. The summed E-state index contributed by atoms with van der Waals surface area (Å²) >= 11 is 16.8. The van der Waals surface area contributed by atoms with Crippen LogP contribution in [0.5, 0.6) is 0 Å². The van der Waals surface area contributed by atoms with Crippen molar-refractivity contribution in [3.8, 4) is 0 Å². The lowest BCUT2D eigenvalue weighted by Gasteiger charge is -2.15. The van der Waals surface area contributed by atoms with E-state index in [1.165, 1.54) is 11.8 Å². The lowest BCUT2D eigenvalue weighted by atomic mass is 10.2. The maximum Gasteiger partial charge on any atom is 0.237 e. The minimum atomic E-state index is -0.177. The maximum absolute atomic E-state index is 12.4. The number of amides is 1. The molecule has 0 saturated heterocycles. The fourth-order valence-corrected chi connectivity index (χ4v) is 3.30. The molecule has 0 aliphatic rings. The monoisotopic (exact) mass is 417 g/mol. The van der Waals surface area contributed by atoms with Crippen molar-refractivity contribution in [1.82, 2.24) is 0 Å². The molecule has 0 aliphatic heterocycles. The molecule has 0 aliphatic carbocycles. The van der Waals surface area contributed by atoms with Crippen LogP contribution in [0.4, 0.5) is 5.69 Å². The summed E-state index contributed by atoms with van der Waals surface area (Å²) in [4.78, 5) is 13.4. The molecule has 0 unspecified atom stereocenters. The van der Waals surface area contributed by atoms with Gasteiger partial charge in [-0.1, -0.05) is 30.1 Å². The molecule has 2 rings (SSSR count). The van der Waals surface area contributed by atoms with E-state index in [2.05, 4.69) is 21.2 Å². The molecule has 0 heterocycles. The van der Waals surface area contributed by atoms with Crippen LogP contribution in [0.25, 0.3) is 0 Å². The van der Waals surface area contributed by atoms with Gasteiger partial charge in [0.15, 0.2) is 0 Å². The molecule has 1 amide bonds. The van der Waals surface area contributed by atoms with Crippen molar-refractivity contribution in [2.45, 2.75) is 23.5 Å². The molecule has 1 atom stereocenters. The van der Waals surface area contributed by atoms with Gasteiger partial charge in [0.25, 0.3) is 0 Å². The first kappa shape index (κ1) is 17.7. The van der Waals surface area contributed by atoms with Gasteiger partial charge in [-0.05, 0) is 64.8 Å². The molecule has 0 aromatic heterocycles. The van der Waals surface area contributed by atoms with Crippen molar-refractivity contribution >= 4 is 62.5 Å². The van der Waals surface area contributed by atoms with Gasteiger partial charge in [-0.25, -0.2) is 0 Å². The Kier molecular flexibility index (Phi) is 6.63. The zero-order chi connectivity index (χ0) is 16.1. The van der Waals surface area contributed by atoms with Crippen molar-refractivity contribution in [2.75, 3.05) is 5.32 Å². The van der Waals surface area contributed by atoms with Gasteiger partial charge >= 0.3 is 0 Å². The lowest BCUT2D eigenvalue weighted by Crippen LogP contribution is -2.24. The summed E-state index contributed by atoms with van der Waals surface area (Å²) in [6.45, 7) is 1.99. The zero-order valence-electron chi connectivity index (χ0n) is 11.8. The van der Waals surface area contributed by atoms with Crippen molar-refractivity contribution in [1.29, 1.82) is 0 Å². The number of thioether (sulfide) groups is 1. The normalized spacial score (nSPS) is 12.0. The van der Waals surface area contributed by atoms with E-state index in [1.807, 2.05) is 43.3 Å². The van der Waals surface area contributed by atoms with Crippen molar-refractivity contribution in [3.63, 3.8) is 0 Å². The van der Waals surface area contributed by atoms with Gasteiger partial charge in [0.2, 0.25) is 5.91 Å². The third-order valence-corrected chi connectivity index (χ3v) is 5.80. The Morgan fingerprint density at radius 1 is 1.23 bits per heavy atom. The van der Waals surface area contributed by atoms with Crippen LogP contribution in [0.1, 0.15) is 13.3 Å². The van der Waals surface area contributed by atoms with E-state index in [9.17, 15) is 4.79 Å². The van der Waals surface area contributed by atoms with E-state index in [1.54, 1.807) is 6.07 Å². The Hall–Kier alpha value is -0.680. The highest BCUT2D eigenvalue weighted by molar-refractivity contribution is 9.10. The average molecular weight is 419 g/mol. The van der Waals surface area contributed by atoms with Crippen LogP contribution in [0.3, 0.4) is 0 Å². The summed E-state index contributed by atoms with van der Waals surface area (Å²) in [6.07, 6.45) is 0.726. The van der Waals surface area contributed by atoms with Crippen molar-refractivity contribution in [2.24, 2.45) is 0 Å². The number of rotatable bonds is 5. The fourth-order valence-electron chi connectivity index (χ4n) is 1.80. The first-order valence-electron chi connectivity index (χ1n) is 6.67. The number of nitrogens with one attached hydrogen (secondary N) is 1. The van der Waals surface area contributed by atoms with Gasteiger partial charge in [-0.15, -0.1) is 11.8 Å². The second-order valence-electron chi connectivity index (χ2n) is 4.59. The summed E-state index contributed by atoms with van der Waals surface area (Å²) in [5.74, 6) is -0.0409. The van der Waals surface area contributed by atoms with Gasteiger partial charge in [0.1, 0.15) is 0 Å². The van der Waals surface area contributed by atoms with Crippen LogP contribution in [-0.2, 0) is 4.79 Å². The zero-order valence-corrected chi connectivity index (χ0v) is 15.7. The van der Waals surface area contributed by atoms with Crippen molar-refractivity contribution < 1.29 is 4.79 Å². The number of carbonyl (C=O) groups excluding carboxylic acids is 1. The van der Waals surface area contributed by atoms with E-state index in [-0.39, 0.29) is 11.2 Å². The summed E-state index contributed by atoms with van der Waals surface area (Å²) in [7, 11) is 0. The molecule has 6 heteroatoms. The van der Waals surface area contributed by atoms with Gasteiger partial charge in [0.05, 0.1) is 10.3 Å². The van der Waals surface area contributed by atoms with Gasteiger partial charge in [-0.3, -0.25) is 4.79 Å². The van der Waals surface area contributed by atoms with Crippen LogP contribution in [0.2, 0.25) is 10.0 Å². The number of carbonyl (C=O) groups is 1. The molecule has 116 valence electrons. The first-order chi connectivity index (χ1) is 10.5. The highest BCUT2D eigenvalue weighted by Gasteiger charge is 2.18. The smallest absolute Gasteiger partial charge is 0.237 e.